The van der Waals surface area contributed by atoms with Crippen LogP contribution < -0.4 is 10.8 Å². The Morgan fingerprint density at radius 1 is 1.31 bits per heavy atom. The maximum Gasteiger partial charge on any atom is 0.493 e. The Morgan fingerprint density at radius 2 is 1.88 bits per heavy atom. The summed E-state index contributed by atoms with van der Waals surface area (Å²) >= 11 is 12.0. The van der Waals surface area contributed by atoms with Gasteiger partial charge in [0.15, 0.2) is 5.79 Å². The Labute approximate surface area is 156 Å². The Bertz CT molecular complexity index is 674. The van der Waals surface area contributed by atoms with Crippen molar-refractivity contribution in [3.05, 3.63) is 28.2 Å². The maximum atomic E-state index is 12.3. The average molecular weight is 416 g/mol. The van der Waals surface area contributed by atoms with Crippen LogP contribution in [-0.2, 0) is 19.1 Å². The lowest BCUT2D eigenvalue weighted by molar-refractivity contribution is -0.203. The number of rotatable bonds is 3. The van der Waals surface area contributed by atoms with E-state index in [2.05, 4.69) is 15.1 Å². The molecule has 2 N–H and O–H groups in total. The van der Waals surface area contributed by atoms with Crippen LogP contribution in [0.3, 0.4) is 0 Å². The normalized spacial score (nSPS) is 17.1. The summed E-state index contributed by atoms with van der Waals surface area (Å²) in [5.41, 5.74) is 1.97. The number of hydrogen-bond acceptors (Lipinski definition) is 5. The molecule has 26 heavy (non-hydrogen) atoms. The van der Waals surface area contributed by atoms with E-state index in [1.54, 1.807) is 13.0 Å². The fourth-order valence-corrected chi connectivity index (χ4v) is 2.35. The zero-order valence-electron chi connectivity index (χ0n) is 13.3. The first kappa shape index (κ1) is 20.6. The topological polar surface area (TPSA) is 81.2 Å². The van der Waals surface area contributed by atoms with Crippen molar-refractivity contribution in [2.75, 3.05) is 25.1 Å². The highest BCUT2D eigenvalue weighted by Gasteiger charge is 2.42. The molecule has 0 saturated carbocycles. The molecule has 7 nitrogen and oxygen atoms in total. The number of ether oxygens (including phenoxy) is 2. The lowest BCUT2D eigenvalue weighted by atomic mass is 10.3. The molecule has 0 unspecified atom stereocenters. The second-order valence-corrected chi connectivity index (χ2v) is 6.02. The molecule has 1 saturated heterocycles. The van der Waals surface area contributed by atoms with Crippen molar-refractivity contribution in [1.82, 2.24) is 5.48 Å². The molecule has 2 rings (SSSR count). The minimum Gasteiger partial charge on any atom is -0.346 e. The zero-order valence-corrected chi connectivity index (χ0v) is 14.8. The Morgan fingerprint density at radius 3 is 2.42 bits per heavy atom. The molecule has 1 aliphatic rings. The summed E-state index contributed by atoms with van der Waals surface area (Å²) in [6.07, 6.45) is -5.18. The number of aliphatic imine (C=N–C) groups is 1. The van der Waals surface area contributed by atoms with Gasteiger partial charge in [0.05, 0.1) is 35.5 Å². The van der Waals surface area contributed by atoms with Crippen LogP contribution in [0, 0.1) is 0 Å². The number of hydrogen-bond donors (Lipinski definition) is 2. The van der Waals surface area contributed by atoms with Crippen molar-refractivity contribution in [2.45, 2.75) is 18.9 Å². The van der Waals surface area contributed by atoms with E-state index in [9.17, 15) is 18.0 Å². The Hall–Kier alpha value is -1.75. The summed E-state index contributed by atoms with van der Waals surface area (Å²) in [6.45, 7) is 2.20. The molecule has 0 aromatic heterocycles. The van der Waals surface area contributed by atoms with Crippen LogP contribution in [0.25, 0.3) is 0 Å². The molecule has 1 aromatic carbocycles. The summed E-state index contributed by atoms with van der Waals surface area (Å²) in [5.74, 6) is -3.86. The first-order chi connectivity index (χ1) is 12.1. The van der Waals surface area contributed by atoms with E-state index in [1.165, 1.54) is 12.1 Å². The van der Waals surface area contributed by atoms with Crippen molar-refractivity contribution < 1.29 is 32.3 Å². The van der Waals surface area contributed by atoms with Gasteiger partial charge in [0.1, 0.15) is 0 Å². The second-order valence-electron chi connectivity index (χ2n) is 5.21. The number of carbonyl (C=O) groups excluding carboxylic acids is 1. The fraction of sp³-hybridized carbons (Fsp3) is 0.429. The minimum atomic E-state index is -5.18. The van der Waals surface area contributed by atoms with E-state index < -0.39 is 17.9 Å². The molecule has 1 fully saturated rings. The third-order valence-electron chi connectivity index (χ3n) is 3.10. The summed E-state index contributed by atoms with van der Waals surface area (Å²) in [6, 6.07) is 4.57. The van der Waals surface area contributed by atoms with Gasteiger partial charge in [-0.1, -0.05) is 29.3 Å². The molecular formula is C14H14Cl2F3N3O4. The van der Waals surface area contributed by atoms with Crippen molar-refractivity contribution >= 4 is 40.8 Å². The molecular weight excluding hydrogens is 402 g/mol. The number of anilines is 1. The predicted molar refractivity (Wildman–Crippen MR) is 88.0 cm³/mol. The second kappa shape index (κ2) is 8.30. The summed E-state index contributed by atoms with van der Waals surface area (Å²) < 4.78 is 47.6. The van der Waals surface area contributed by atoms with Crippen molar-refractivity contribution in [2.24, 2.45) is 4.99 Å². The predicted octanol–water partition coefficient (Wildman–Crippen LogP) is 3.13. The van der Waals surface area contributed by atoms with Crippen molar-refractivity contribution in [1.29, 1.82) is 0 Å². The van der Waals surface area contributed by atoms with Crippen LogP contribution in [0.15, 0.2) is 23.2 Å². The first-order valence-corrected chi connectivity index (χ1v) is 7.94. The first-order valence-electron chi connectivity index (χ1n) is 7.18. The van der Waals surface area contributed by atoms with Crippen LogP contribution in [0.4, 0.5) is 18.9 Å². The molecule has 0 amide bonds. The SMILES string of the molecule is CC1(CN=C(NOC(=O)C(F)(F)F)Nc2c(Cl)cccc2Cl)OCCO1. The number of nitrogens with zero attached hydrogens (tertiary/aromatic N) is 1. The molecule has 12 heteroatoms. The van der Waals surface area contributed by atoms with Crippen LogP contribution in [0.5, 0.6) is 0 Å². The van der Waals surface area contributed by atoms with Crippen LogP contribution in [0.1, 0.15) is 6.92 Å². The van der Waals surface area contributed by atoms with Crippen molar-refractivity contribution in [3.63, 3.8) is 0 Å². The van der Waals surface area contributed by atoms with Gasteiger partial charge in [-0.05, 0) is 19.1 Å². The summed E-state index contributed by atoms with van der Waals surface area (Å²) in [5, 5.41) is 2.93. The van der Waals surface area contributed by atoms with E-state index >= 15 is 0 Å². The monoisotopic (exact) mass is 415 g/mol. The lowest BCUT2D eigenvalue weighted by Crippen LogP contribution is -2.39. The maximum absolute atomic E-state index is 12.3. The minimum absolute atomic E-state index is 0.103. The zero-order chi connectivity index (χ0) is 19.4. The number of guanidine groups is 1. The van der Waals surface area contributed by atoms with Crippen LogP contribution in [0.2, 0.25) is 10.0 Å². The van der Waals surface area contributed by atoms with E-state index in [1.807, 2.05) is 5.48 Å². The number of halogens is 5. The number of para-hydroxylation sites is 1. The molecule has 0 radical (unpaired) electrons. The standard InChI is InChI=1S/C14H14Cl2F3N3O4/c1-13(24-5-6-25-13)7-20-12(22-26-11(23)14(17,18)19)21-10-8(15)3-2-4-9(10)16/h2-4H,5-7H2,1H3,(H2,20,21,22). The van der Waals surface area contributed by atoms with Crippen LogP contribution in [-0.4, -0.2) is 43.7 Å². The molecule has 0 aliphatic carbocycles. The van der Waals surface area contributed by atoms with E-state index in [0.29, 0.717) is 13.2 Å². The van der Waals surface area contributed by atoms with E-state index in [4.69, 9.17) is 32.7 Å². The highest BCUT2D eigenvalue weighted by molar-refractivity contribution is 6.39. The van der Waals surface area contributed by atoms with Gasteiger partial charge in [0.25, 0.3) is 0 Å². The molecule has 1 aliphatic heterocycles. The molecule has 0 bridgehead atoms. The number of carbonyl (C=O) groups is 1. The van der Waals surface area contributed by atoms with Gasteiger partial charge in [-0.3, -0.25) is 0 Å². The largest absolute Gasteiger partial charge is 0.493 e. The fourth-order valence-electron chi connectivity index (χ4n) is 1.86. The lowest BCUT2D eigenvalue weighted by Gasteiger charge is -2.21. The molecule has 0 atom stereocenters. The smallest absolute Gasteiger partial charge is 0.346 e. The van der Waals surface area contributed by atoms with Gasteiger partial charge < -0.3 is 19.6 Å². The van der Waals surface area contributed by atoms with Gasteiger partial charge in [-0.2, -0.15) is 18.7 Å². The molecule has 1 heterocycles. The van der Waals surface area contributed by atoms with Gasteiger partial charge in [0, 0.05) is 0 Å². The quantitative estimate of drug-likeness (QED) is 0.448. The van der Waals surface area contributed by atoms with Crippen molar-refractivity contribution in [3.8, 4) is 0 Å². The van der Waals surface area contributed by atoms with Gasteiger partial charge in [-0.15, -0.1) is 0 Å². The summed E-state index contributed by atoms with van der Waals surface area (Å²) in [4.78, 5) is 18.9. The number of benzene rings is 1. The Kier molecular flexibility index (Phi) is 6.56. The Balaban J connectivity index is 2.16. The highest BCUT2D eigenvalue weighted by atomic mass is 35.5. The number of nitrogens with one attached hydrogen (secondary N) is 2. The van der Waals surface area contributed by atoms with Crippen LogP contribution >= 0.6 is 23.2 Å². The molecule has 0 spiro atoms. The third-order valence-corrected chi connectivity index (χ3v) is 3.73. The van der Waals surface area contributed by atoms with E-state index in [0.717, 1.165) is 0 Å². The van der Waals surface area contributed by atoms with Gasteiger partial charge in [-0.25, -0.2) is 9.79 Å². The van der Waals surface area contributed by atoms with Gasteiger partial charge >= 0.3 is 12.1 Å². The number of hydroxylamine groups is 1. The van der Waals surface area contributed by atoms with E-state index in [-0.39, 0.29) is 28.2 Å². The molecule has 144 valence electrons. The average Bonchev–Trinajstić information content (AvgIpc) is 2.98. The third kappa shape index (κ3) is 5.63. The highest BCUT2D eigenvalue weighted by Crippen LogP contribution is 2.29. The molecule has 1 aromatic rings. The van der Waals surface area contributed by atoms with Gasteiger partial charge in [0.2, 0.25) is 5.96 Å². The summed E-state index contributed by atoms with van der Waals surface area (Å²) in [7, 11) is 0. The number of alkyl halides is 3.